The third-order valence-electron chi connectivity index (χ3n) is 5.61. The van der Waals surface area contributed by atoms with E-state index in [1.54, 1.807) is 13.2 Å². The number of ether oxygens (including phenoxy) is 1. The summed E-state index contributed by atoms with van der Waals surface area (Å²) in [7, 11) is 1.70. The van der Waals surface area contributed by atoms with Gasteiger partial charge in [-0.3, -0.25) is 4.79 Å². The van der Waals surface area contributed by atoms with Crippen LogP contribution in [0.3, 0.4) is 0 Å². The fourth-order valence-corrected chi connectivity index (χ4v) is 4.23. The molecule has 1 saturated carbocycles. The smallest absolute Gasteiger partial charge is 0.226 e. The van der Waals surface area contributed by atoms with Crippen molar-refractivity contribution in [2.75, 3.05) is 13.7 Å². The van der Waals surface area contributed by atoms with Gasteiger partial charge in [0.2, 0.25) is 5.91 Å². The molecule has 1 fully saturated rings. The molecular formula is C19H27NO3. The predicted octanol–water partition coefficient (Wildman–Crippen LogP) is 3.48. The van der Waals surface area contributed by atoms with Crippen LogP contribution in [0.15, 0.2) is 18.2 Å². The van der Waals surface area contributed by atoms with Gasteiger partial charge in [-0.15, -0.1) is 0 Å². The molecule has 1 unspecified atom stereocenters. The van der Waals surface area contributed by atoms with Crippen LogP contribution in [0.4, 0.5) is 0 Å². The maximum atomic E-state index is 13.0. The second-order valence-corrected chi connectivity index (χ2v) is 6.99. The molecule has 0 aromatic heterocycles. The molecule has 1 aromatic rings. The molecular weight excluding hydrogens is 290 g/mol. The largest absolute Gasteiger partial charge is 0.508 e. The molecule has 0 spiro atoms. The van der Waals surface area contributed by atoms with Gasteiger partial charge < -0.3 is 15.2 Å². The van der Waals surface area contributed by atoms with Crippen LogP contribution in [0.25, 0.3) is 0 Å². The number of carbonyl (C=O) groups is 1. The molecule has 2 aliphatic carbocycles. The number of nitrogens with one attached hydrogen (secondary N) is 1. The molecule has 1 amide bonds. The van der Waals surface area contributed by atoms with Crippen molar-refractivity contribution in [3.8, 4) is 5.75 Å². The molecule has 0 heterocycles. The van der Waals surface area contributed by atoms with Crippen LogP contribution >= 0.6 is 0 Å². The molecule has 1 atom stereocenters. The Morgan fingerprint density at radius 2 is 2.13 bits per heavy atom. The van der Waals surface area contributed by atoms with Gasteiger partial charge in [0.1, 0.15) is 5.75 Å². The number of benzene rings is 1. The quantitative estimate of drug-likeness (QED) is 0.874. The van der Waals surface area contributed by atoms with E-state index < -0.39 is 0 Å². The van der Waals surface area contributed by atoms with Crippen LogP contribution in [-0.4, -0.2) is 24.7 Å². The summed E-state index contributed by atoms with van der Waals surface area (Å²) >= 11 is 0. The number of phenolic OH excluding ortho intramolecular Hbond substituents is 1. The molecule has 2 aliphatic rings. The van der Waals surface area contributed by atoms with Gasteiger partial charge in [0, 0.05) is 13.7 Å². The third-order valence-corrected chi connectivity index (χ3v) is 5.61. The number of fused-ring (bicyclic) bond motifs is 1. The number of rotatable bonds is 5. The molecule has 3 rings (SSSR count). The lowest BCUT2D eigenvalue weighted by Gasteiger charge is -2.33. The summed E-state index contributed by atoms with van der Waals surface area (Å²) < 4.78 is 5.23. The van der Waals surface area contributed by atoms with Crippen molar-refractivity contribution in [1.82, 2.24) is 5.32 Å². The van der Waals surface area contributed by atoms with Crippen molar-refractivity contribution in [3.05, 3.63) is 29.3 Å². The lowest BCUT2D eigenvalue weighted by molar-refractivity contribution is -0.132. The number of hydrogen-bond acceptors (Lipinski definition) is 3. The Balaban J connectivity index is 1.77. The SMILES string of the molecule is COCCC1(C(=O)NC2CCCc3c(O)cccc32)CCCC1. The number of phenols is 1. The van der Waals surface area contributed by atoms with E-state index >= 15 is 0 Å². The fourth-order valence-electron chi connectivity index (χ4n) is 4.23. The van der Waals surface area contributed by atoms with E-state index in [4.69, 9.17) is 4.74 Å². The van der Waals surface area contributed by atoms with Gasteiger partial charge in [-0.25, -0.2) is 0 Å². The van der Waals surface area contributed by atoms with E-state index in [0.717, 1.165) is 62.5 Å². The molecule has 1 aromatic carbocycles. The molecule has 4 nitrogen and oxygen atoms in total. The van der Waals surface area contributed by atoms with Gasteiger partial charge in [-0.1, -0.05) is 25.0 Å². The van der Waals surface area contributed by atoms with E-state index in [1.165, 1.54) is 0 Å². The second kappa shape index (κ2) is 6.91. The van der Waals surface area contributed by atoms with Crippen LogP contribution in [0.5, 0.6) is 5.75 Å². The minimum atomic E-state index is -0.259. The summed E-state index contributed by atoms with van der Waals surface area (Å²) in [6, 6.07) is 5.67. The Morgan fingerprint density at radius 1 is 1.35 bits per heavy atom. The van der Waals surface area contributed by atoms with Gasteiger partial charge in [0.05, 0.1) is 11.5 Å². The summed E-state index contributed by atoms with van der Waals surface area (Å²) in [4.78, 5) is 13.0. The fraction of sp³-hybridized carbons (Fsp3) is 0.632. The summed E-state index contributed by atoms with van der Waals surface area (Å²) in [5.74, 6) is 0.532. The Hall–Kier alpha value is -1.55. The van der Waals surface area contributed by atoms with Crippen LogP contribution in [0.1, 0.15) is 62.1 Å². The monoisotopic (exact) mass is 317 g/mol. The predicted molar refractivity (Wildman–Crippen MR) is 89.3 cm³/mol. The van der Waals surface area contributed by atoms with Crippen molar-refractivity contribution < 1.29 is 14.6 Å². The zero-order valence-electron chi connectivity index (χ0n) is 13.9. The molecule has 0 radical (unpaired) electrons. The second-order valence-electron chi connectivity index (χ2n) is 6.99. The van der Waals surface area contributed by atoms with Crippen molar-refractivity contribution >= 4 is 5.91 Å². The van der Waals surface area contributed by atoms with Crippen LogP contribution in [0.2, 0.25) is 0 Å². The van der Waals surface area contributed by atoms with E-state index in [2.05, 4.69) is 5.32 Å². The average molecular weight is 317 g/mol. The zero-order valence-corrected chi connectivity index (χ0v) is 13.9. The summed E-state index contributed by atoms with van der Waals surface area (Å²) in [5.41, 5.74) is 1.83. The van der Waals surface area contributed by atoms with E-state index in [1.807, 2.05) is 12.1 Å². The van der Waals surface area contributed by atoms with Crippen molar-refractivity contribution in [3.63, 3.8) is 0 Å². The summed E-state index contributed by atoms with van der Waals surface area (Å²) in [6.45, 7) is 0.634. The molecule has 23 heavy (non-hydrogen) atoms. The number of amides is 1. The van der Waals surface area contributed by atoms with E-state index in [-0.39, 0.29) is 17.4 Å². The molecule has 0 aliphatic heterocycles. The molecule has 0 bridgehead atoms. The van der Waals surface area contributed by atoms with Crippen molar-refractivity contribution in [2.45, 2.75) is 57.4 Å². The highest BCUT2D eigenvalue weighted by molar-refractivity contribution is 5.83. The highest BCUT2D eigenvalue weighted by atomic mass is 16.5. The summed E-state index contributed by atoms with van der Waals surface area (Å²) in [6.07, 6.45) is 7.81. The Kier molecular flexibility index (Phi) is 4.90. The van der Waals surface area contributed by atoms with Gasteiger partial charge in [0.15, 0.2) is 0 Å². The van der Waals surface area contributed by atoms with Crippen LogP contribution in [-0.2, 0) is 16.0 Å². The number of hydrogen-bond donors (Lipinski definition) is 2. The first-order chi connectivity index (χ1) is 11.2. The van der Waals surface area contributed by atoms with E-state index in [0.29, 0.717) is 12.4 Å². The van der Waals surface area contributed by atoms with Crippen LogP contribution in [0, 0.1) is 5.41 Å². The van der Waals surface area contributed by atoms with E-state index in [9.17, 15) is 9.90 Å². The minimum absolute atomic E-state index is 0.0263. The van der Waals surface area contributed by atoms with Gasteiger partial charge >= 0.3 is 0 Å². The van der Waals surface area contributed by atoms with Gasteiger partial charge in [-0.2, -0.15) is 0 Å². The number of carbonyl (C=O) groups excluding carboxylic acids is 1. The first kappa shape index (κ1) is 16.3. The molecule has 126 valence electrons. The minimum Gasteiger partial charge on any atom is -0.508 e. The normalized spacial score (nSPS) is 22.6. The lowest BCUT2D eigenvalue weighted by atomic mass is 9.80. The van der Waals surface area contributed by atoms with Gasteiger partial charge in [0.25, 0.3) is 0 Å². The highest BCUT2D eigenvalue weighted by Gasteiger charge is 2.41. The number of methoxy groups -OCH3 is 1. The Labute approximate surface area is 138 Å². The zero-order chi connectivity index (χ0) is 16.3. The first-order valence-corrected chi connectivity index (χ1v) is 8.77. The molecule has 2 N–H and O–H groups in total. The standard InChI is InChI=1S/C19H27NO3/c1-23-13-12-19(10-2-3-11-19)18(22)20-16-8-4-7-15-14(16)6-5-9-17(15)21/h5-6,9,16,21H,2-4,7-8,10-13H2,1H3,(H,20,22). The Morgan fingerprint density at radius 3 is 2.87 bits per heavy atom. The third kappa shape index (κ3) is 3.23. The van der Waals surface area contributed by atoms with Crippen LogP contribution < -0.4 is 5.32 Å². The lowest BCUT2D eigenvalue weighted by Crippen LogP contribution is -2.42. The first-order valence-electron chi connectivity index (χ1n) is 8.77. The average Bonchev–Trinajstić information content (AvgIpc) is 3.04. The van der Waals surface area contributed by atoms with Crippen molar-refractivity contribution in [2.24, 2.45) is 5.41 Å². The number of aromatic hydroxyl groups is 1. The topological polar surface area (TPSA) is 58.6 Å². The van der Waals surface area contributed by atoms with Gasteiger partial charge in [-0.05, 0) is 55.7 Å². The molecule has 0 saturated heterocycles. The maximum Gasteiger partial charge on any atom is 0.226 e. The highest BCUT2D eigenvalue weighted by Crippen LogP contribution is 2.43. The Bertz CT molecular complexity index is 564. The summed E-state index contributed by atoms with van der Waals surface area (Å²) in [5, 5.41) is 13.3. The maximum absolute atomic E-state index is 13.0. The molecule has 4 heteroatoms. The van der Waals surface area contributed by atoms with Crippen molar-refractivity contribution in [1.29, 1.82) is 0 Å².